The highest BCUT2D eigenvalue weighted by atomic mass is 16.5. The standard InChI is InChI=1S/C20H21NO4/c1-3-13-25-20(23)16-5-4-6-17(14-16)21-19(22)12-9-15-7-10-18(24-2)11-8-15/h4-12,14H,3,13H2,1-2H3,(H,21,22)/b12-9+. The number of amides is 1. The monoisotopic (exact) mass is 339 g/mol. The Morgan fingerprint density at radius 2 is 1.88 bits per heavy atom. The third-order valence-corrected chi connectivity index (χ3v) is 3.35. The summed E-state index contributed by atoms with van der Waals surface area (Å²) in [4.78, 5) is 23.9. The van der Waals surface area contributed by atoms with Crippen LogP contribution in [0.5, 0.6) is 5.75 Å². The van der Waals surface area contributed by atoms with Crippen LogP contribution in [0.2, 0.25) is 0 Å². The molecule has 0 radical (unpaired) electrons. The Morgan fingerprint density at radius 3 is 2.56 bits per heavy atom. The van der Waals surface area contributed by atoms with E-state index in [0.717, 1.165) is 17.7 Å². The summed E-state index contributed by atoms with van der Waals surface area (Å²) in [6.45, 7) is 2.30. The number of carbonyl (C=O) groups is 2. The molecule has 2 aromatic carbocycles. The van der Waals surface area contributed by atoms with Gasteiger partial charge in [0.15, 0.2) is 0 Å². The first-order valence-corrected chi connectivity index (χ1v) is 8.02. The van der Waals surface area contributed by atoms with Crippen molar-refractivity contribution in [3.63, 3.8) is 0 Å². The van der Waals surface area contributed by atoms with Gasteiger partial charge in [-0.3, -0.25) is 4.79 Å². The SMILES string of the molecule is CCCOC(=O)c1cccc(NC(=O)/C=C/c2ccc(OC)cc2)c1. The lowest BCUT2D eigenvalue weighted by Crippen LogP contribution is -2.10. The fourth-order valence-electron chi connectivity index (χ4n) is 2.07. The molecule has 1 N–H and O–H groups in total. The molecule has 25 heavy (non-hydrogen) atoms. The molecule has 0 aliphatic carbocycles. The van der Waals surface area contributed by atoms with Crippen molar-refractivity contribution in [2.24, 2.45) is 0 Å². The number of anilines is 1. The van der Waals surface area contributed by atoms with E-state index in [2.05, 4.69) is 5.32 Å². The van der Waals surface area contributed by atoms with Gasteiger partial charge in [-0.15, -0.1) is 0 Å². The fraction of sp³-hybridized carbons (Fsp3) is 0.200. The van der Waals surface area contributed by atoms with Gasteiger partial charge in [-0.1, -0.05) is 25.1 Å². The van der Waals surface area contributed by atoms with E-state index in [1.807, 2.05) is 31.2 Å². The van der Waals surface area contributed by atoms with Crippen molar-refractivity contribution in [3.8, 4) is 5.75 Å². The molecular weight excluding hydrogens is 318 g/mol. The molecule has 1 amide bonds. The number of nitrogens with one attached hydrogen (secondary N) is 1. The van der Waals surface area contributed by atoms with Crippen LogP contribution in [-0.2, 0) is 9.53 Å². The summed E-state index contributed by atoms with van der Waals surface area (Å²) >= 11 is 0. The number of rotatable bonds is 7. The van der Waals surface area contributed by atoms with E-state index in [1.165, 1.54) is 6.08 Å². The highest BCUT2D eigenvalue weighted by Crippen LogP contribution is 2.14. The summed E-state index contributed by atoms with van der Waals surface area (Å²) in [6.07, 6.45) is 3.90. The van der Waals surface area contributed by atoms with Gasteiger partial charge in [0.05, 0.1) is 19.3 Å². The van der Waals surface area contributed by atoms with Crippen LogP contribution >= 0.6 is 0 Å². The van der Waals surface area contributed by atoms with Crippen molar-refractivity contribution in [1.29, 1.82) is 0 Å². The Bertz CT molecular complexity index is 751. The number of hydrogen-bond acceptors (Lipinski definition) is 4. The summed E-state index contributed by atoms with van der Waals surface area (Å²) in [7, 11) is 1.60. The number of benzene rings is 2. The quantitative estimate of drug-likeness (QED) is 0.613. The zero-order chi connectivity index (χ0) is 18.1. The smallest absolute Gasteiger partial charge is 0.338 e. The van der Waals surface area contributed by atoms with E-state index in [0.29, 0.717) is 17.9 Å². The predicted octanol–water partition coefficient (Wildman–Crippen LogP) is 3.91. The molecule has 0 fully saturated rings. The van der Waals surface area contributed by atoms with Crippen LogP contribution in [0.3, 0.4) is 0 Å². The first-order valence-electron chi connectivity index (χ1n) is 8.02. The van der Waals surface area contributed by atoms with Gasteiger partial charge >= 0.3 is 5.97 Å². The van der Waals surface area contributed by atoms with Gasteiger partial charge in [-0.05, 0) is 48.4 Å². The van der Waals surface area contributed by atoms with Gasteiger partial charge in [0.2, 0.25) is 5.91 Å². The predicted molar refractivity (Wildman–Crippen MR) is 97.7 cm³/mol. The van der Waals surface area contributed by atoms with Crippen LogP contribution in [0.4, 0.5) is 5.69 Å². The molecule has 5 heteroatoms. The minimum absolute atomic E-state index is 0.283. The Morgan fingerprint density at radius 1 is 1.12 bits per heavy atom. The molecule has 0 aliphatic rings. The minimum atomic E-state index is -0.397. The molecule has 0 saturated carbocycles. The summed E-state index contributed by atoms with van der Waals surface area (Å²) in [5.41, 5.74) is 1.83. The van der Waals surface area contributed by atoms with Gasteiger partial charge in [-0.25, -0.2) is 4.79 Å². The fourth-order valence-corrected chi connectivity index (χ4v) is 2.07. The van der Waals surface area contributed by atoms with Crippen molar-refractivity contribution in [1.82, 2.24) is 0 Å². The van der Waals surface area contributed by atoms with Crippen LogP contribution in [0.25, 0.3) is 6.08 Å². The van der Waals surface area contributed by atoms with Crippen LogP contribution in [0, 0.1) is 0 Å². The Balaban J connectivity index is 1.97. The second-order valence-corrected chi connectivity index (χ2v) is 5.31. The molecule has 130 valence electrons. The molecule has 0 aliphatic heterocycles. The van der Waals surface area contributed by atoms with Crippen molar-refractivity contribution < 1.29 is 19.1 Å². The first kappa shape index (κ1) is 18.3. The number of hydrogen-bond donors (Lipinski definition) is 1. The maximum Gasteiger partial charge on any atom is 0.338 e. The third kappa shape index (κ3) is 5.80. The molecule has 2 rings (SSSR count). The number of ether oxygens (including phenoxy) is 2. The lowest BCUT2D eigenvalue weighted by atomic mass is 10.2. The van der Waals surface area contributed by atoms with Gasteiger partial charge < -0.3 is 14.8 Å². The van der Waals surface area contributed by atoms with Gasteiger partial charge in [-0.2, -0.15) is 0 Å². The molecule has 5 nitrogen and oxygen atoms in total. The van der Waals surface area contributed by atoms with E-state index in [9.17, 15) is 9.59 Å². The Labute approximate surface area is 147 Å². The molecule has 0 bridgehead atoms. The third-order valence-electron chi connectivity index (χ3n) is 3.35. The van der Waals surface area contributed by atoms with Gasteiger partial charge in [0.1, 0.15) is 5.75 Å². The zero-order valence-electron chi connectivity index (χ0n) is 14.3. The Kier molecular flexibility index (Phi) is 6.77. The summed E-state index contributed by atoms with van der Waals surface area (Å²) in [5, 5.41) is 2.73. The average molecular weight is 339 g/mol. The van der Waals surface area contributed by atoms with Gasteiger partial charge in [0, 0.05) is 11.8 Å². The summed E-state index contributed by atoms with van der Waals surface area (Å²) in [6, 6.07) is 14.0. The van der Waals surface area contributed by atoms with Crippen molar-refractivity contribution in [2.45, 2.75) is 13.3 Å². The topological polar surface area (TPSA) is 64.6 Å². The maximum absolute atomic E-state index is 12.0. The summed E-state index contributed by atoms with van der Waals surface area (Å²) < 4.78 is 10.2. The highest BCUT2D eigenvalue weighted by molar-refractivity contribution is 6.02. The van der Waals surface area contributed by atoms with E-state index in [-0.39, 0.29) is 5.91 Å². The number of carbonyl (C=O) groups excluding carboxylic acids is 2. The average Bonchev–Trinajstić information content (AvgIpc) is 2.65. The number of methoxy groups -OCH3 is 1. The van der Waals surface area contributed by atoms with E-state index in [1.54, 1.807) is 37.5 Å². The van der Waals surface area contributed by atoms with Crippen molar-refractivity contribution in [3.05, 3.63) is 65.7 Å². The lowest BCUT2D eigenvalue weighted by Gasteiger charge is -2.06. The van der Waals surface area contributed by atoms with Crippen LogP contribution in [0.15, 0.2) is 54.6 Å². The van der Waals surface area contributed by atoms with Crippen LogP contribution in [-0.4, -0.2) is 25.6 Å². The first-order chi connectivity index (χ1) is 12.1. The number of esters is 1. The van der Waals surface area contributed by atoms with E-state index < -0.39 is 5.97 Å². The second kappa shape index (κ2) is 9.27. The Hall–Kier alpha value is -3.08. The van der Waals surface area contributed by atoms with E-state index >= 15 is 0 Å². The van der Waals surface area contributed by atoms with E-state index in [4.69, 9.17) is 9.47 Å². The molecule has 0 atom stereocenters. The largest absolute Gasteiger partial charge is 0.497 e. The maximum atomic E-state index is 12.0. The minimum Gasteiger partial charge on any atom is -0.497 e. The van der Waals surface area contributed by atoms with Crippen LogP contribution in [0.1, 0.15) is 29.3 Å². The second-order valence-electron chi connectivity index (χ2n) is 5.31. The molecule has 0 unspecified atom stereocenters. The zero-order valence-corrected chi connectivity index (χ0v) is 14.3. The van der Waals surface area contributed by atoms with Crippen LogP contribution < -0.4 is 10.1 Å². The molecule has 0 saturated heterocycles. The summed E-state index contributed by atoms with van der Waals surface area (Å²) in [5.74, 6) is 0.0787. The van der Waals surface area contributed by atoms with Crippen molar-refractivity contribution in [2.75, 3.05) is 19.0 Å². The van der Waals surface area contributed by atoms with Gasteiger partial charge in [0.25, 0.3) is 0 Å². The molecule has 0 spiro atoms. The molecule has 0 heterocycles. The molecular formula is C20H21NO4. The van der Waals surface area contributed by atoms with Crippen molar-refractivity contribution >= 4 is 23.6 Å². The lowest BCUT2D eigenvalue weighted by molar-refractivity contribution is -0.111. The molecule has 2 aromatic rings. The normalized spacial score (nSPS) is 10.5. The highest BCUT2D eigenvalue weighted by Gasteiger charge is 2.08. The molecule has 0 aromatic heterocycles.